The lowest BCUT2D eigenvalue weighted by atomic mass is 9.79. The third-order valence-corrected chi connectivity index (χ3v) is 8.80. The molecule has 0 saturated heterocycles. The monoisotopic (exact) mass is 645 g/mol. The van der Waals surface area contributed by atoms with E-state index >= 15 is 0 Å². The van der Waals surface area contributed by atoms with Gasteiger partial charge in [-0.1, -0.05) is 138 Å². The molecule has 0 aliphatic heterocycles. The minimum absolute atomic E-state index is 0.00976. The zero-order valence-corrected chi connectivity index (χ0v) is 26.9. The Morgan fingerprint density at radius 3 is 2.00 bits per heavy atom. The van der Waals surface area contributed by atoms with Crippen molar-refractivity contribution in [3.8, 4) is 11.1 Å². The van der Waals surface area contributed by atoms with Crippen molar-refractivity contribution in [2.75, 3.05) is 26.4 Å². The number of benzene rings is 5. The van der Waals surface area contributed by atoms with E-state index in [0.29, 0.717) is 10.6 Å². The van der Waals surface area contributed by atoms with Crippen molar-refractivity contribution in [1.29, 1.82) is 0 Å². The molecule has 47 heavy (non-hydrogen) atoms. The van der Waals surface area contributed by atoms with Gasteiger partial charge in [0.25, 0.3) is 0 Å². The van der Waals surface area contributed by atoms with Crippen molar-refractivity contribution in [2.45, 2.75) is 24.9 Å². The predicted octanol–water partition coefficient (Wildman–Crippen LogP) is 8.43. The Hall–Kier alpha value is -4.91. The second-order valence-electron chi connectivity index (χ2n) is 11.5. The maximum atomic E-state index is 13.4. The second-order valence-corrected chi connectivity index (χ2v) is 11.9. The standard InChI is InChI=1S/C40H36ClNO5/c1-28-19-21-30(22-20-28)40(29-11-3-2-4-12-29,36-17-9-10-18-37(36)41)47-38(43)23-25-45-26-24-42-39(44)46-27-35-33-15-7-5-13-31(33)32-14-6-8-16-34(32)35/h2-22,35H,23-27H2,1H3,(H,42,44). The maximum absolute atomic E-state index is 13.4. The van der Waals surface area contributed by atoms with E-state index in [1.807, 2.05) is 104 Å². The number of fused-ring (bicyclic) bond motifs is 3. The van der Waals surface area contributed by atoms with Gasteiger partial charge in [0, 0.05) is 34.2 Å². The molecule has 1 aliphatic rings. The van der Waals surface area contributed by atoms with E-state index in [1.54, 1.807) is 6.07 Å². The molecule has 0 fully saturated rings. The van der Waals surface area contributed by atoms with Gasteiger partial charge >= 0.3 is 12.1 Å². The van der Waals surface area contributed by atoms with E-state index in [2.05, 4.69) is 29.6 Å². The molecule has 1 N–H and O–H groups in total. The Kier molecular flexibility index (Phi) is 10.0. The lowest BCUT2D eigenvalue weighted by Gasteiger charge is -2.36. The van der Waals surface area contributed by atoms with Crippen molar-refractivity contribution in [2.24, 2.45) is 0 Å². The highest BCUT2D eigenvalue weighted by Crippen LogP contribution is 2.45. The summed E-state index contributed by atoms with van der Waals surface area (Å²) in [6, 6.07) is 41.3. The highest BCUT2D eigenvalue weighted by molar-refractivity contribution is 6.31. The lowest BCUT2D eigenvalue weighted by molar-refractivity contribution is -0.154. The summed E-state index contributed by atoms with van der Waals surface area (Å²) in [6.45, 7) is 2.82. The summed E-state index contributed by atoms with van der Waals surface area (Å²) in [6.07, 6.45) is -0.504. The first kappa shape index (κ1) is 32.0. The van der Waals surface area contributed by atoms with Gasteiger partial charge in [0.2, 0.25) is 0 Å². The number of ether oxygens (including phenoxy) is 3. The van der Waals surface area contributed by atoms with E-state index < -0.39 is 17.7 Å². The molecule has 0 radical (unpaired) electrons. The number of hydrogen-bond donors (Lipinski definition) is 1. The fraction of sp³-hybridized carbons (Fsp3) is 0.200. The van der Waals surface area contributed by atoms with Crippen LogP contribution in [0.2, 0.25) is 5.02 Å². The van der Waals surface area contributed by atoms with E-state index in [4.69, 9.17) is 25.8 Å². The Morgan fingerprint density at radius 1 is 0.723 bits per heavy atom. The number of halogens is 1. The van der Waals surface area contributed by atoms with Crippen molar-refractivity contribution in [1.82, 2.24) is 5.32 Å². The van der Waals surface area contributed by atoms with Gasteiger partial charge in [0.15, 0.2) is 5.60 Å². The number of esters is 1. The third kappa shape index (κ3) is 6.94. The molecular weight excluding hydrogens is 610 g/mol. The zero-order valence-electron chi connectivity index (χ0n) is 26.2. The minimum atomic E-state index is -1.27. The van der Waals surface area contributed by atoms with Gasteiger partial charge in [0.1, 0.15) is 6.61 Å². The zero-order chi connectivity index (χ0) is 32.6. The summed E-state index contributed by atoms with van der Waals surface area (Å²) < 4.78 is 17.7. The fourth-order valence-corrected chi connectivity index (χ4v) is 6.48. The largest absolute Gasteiger partial charge is 0.449 e. The molecule has 1 amide bonds. The van der Waals surface area contributed by atoms with Crippen LogP contribution >= 0.6 is 11.6 Å². The summed E-state index contributed by atoms with van der Waals surface area (Å²) in [7, 11) is 0. The molecule has 6 rings (SSSR count). The first-order valence-corrected chi connectivity index (χ1v) is 16.1. The van der Waals surface area contributed by atoms with Crippen LogP contribution in [0.4, 0.5) is 4.79 Å². The van der Waals surface area contributed by atoms with Crippen LogP contribution in [0.15, 0.2) is 127 Å². The first-order valence-electron chi connectivity index (χ1n) is 15.7. The topological polar surface area (TPSA) is 73.9 Å². The molecule has 0 aromatic heterocycles. The number of hydrogen-bond acceptors (Lipinski definition) is 5. The number of rotatable bonds is 12. The SMILES string of the molecule is Cc1ccc(C(OC(=O)CCOCCNC(=O)OCC2c3ccccc3-c3ccccc32)(c2ccccc2)c2ccccc2Cl)cc1. The quantitative estimate of drug-likeness (QED) is 0.0838. The maximum Gasteiger partial charge on any atom is 0.407 e. The number of carbonyl (C=O) groups excluding carboxylic acids is 2. The number of carbonyl (C=O) groups is 2. The van der Waals surface area contributed by atoms with Gasteiger partial charge < -0.3 is 19.5 Å². The average molecular weight is 646 g/mol. The summed E-state index contributed by atoms with van der Waals surface area (Å²) in [5.74, 6) is -0.456. The van der Waals surface area contributed by atoms with Crippen LogP contribution < -0.4 is 5.32 Å². The van der Waals surface area contributed by atoms with Gasteiger partial charge in [0.05, 0.1) is 19.6 Å². The van der Waals surface area contributed by atoms with E-state index in [-0.39, 0.29) is 38.7 Å². The minimum Gasteiger partial charge on any atom is -0.449 e. The van der Waals surface area contributed by atoms with Crippen LogP contribution in [0, 0.1) is 6.92 Å². The molecule has 6 nitrogen and oxygen atoms in total. The molecule has 5 aromatic rings. The van der Waals surface area contributed by atoms with Crippen molar-refractivity contribution in [3.63, 3.8) is 0 Å². The molecule has 1 aliphatic carbocycles. The Morgan fingerprint density at radius 2 is 1.32 bits per heavy atom. The van der Waals surface area contributed by atoms with Crippen LogP contribution in [0.5, 0.6) is 0 Å². The van der Waals surface area contributed by atoms with E-state index in [0.717, 1.165) is 27.8 Å². The molecule has 7 heteroatoms. The Balaban J connectivity index is 1.03. The molecule has 238 valence electrons. The van der Waals surface area contributed by atoms with Crippen molar-refractivity contribution >= 4 is 23.7 Å². The molecule has 1 unspecified atom stereocenters. The molecule has 1 atom stereocenters. The molecule has 0 spiro atoms. The number of aryl methyl sites for hydroxylation is 1. The molecule has 0 saturated carbocycles. The molecule has 0 heterocycles. The highest BCUT2D eigenvalue weighted by Gasteiger charge is 2.42. The molecule has 5 aromatic carbocycles. The summed E-state index contributed by atoms with van der Waals surface area (Å²) in [4.78, 5) is 25.9. The van der Waals surface area contributed by atoms with Crippen LogP contribution in [0.3, 0.4) is 0 Å². The summed E-state index contributed by atoms with van der Waals surface area (Å²) in [5.41, 5.74) is 6.71. The van der Waals surface area contributed by atoms with Gasteiger partial charge in [-0.05, 0) is 35.2 Å². The average Bonchev–Trinajstić information content (AvgIpc) is 3.42. The smallest absolute Gasteiger partial charge is 0.407 e. The molecular formula is C40H36ClNO5. The van der Waals surface area contributed by atoms with Gasteiger partial charge in [-0.2, -0.15) is 0 Å². The summed E-state index contributed by atoms with van der Waals surface area (Å²) in [5, 5.41) is 3.23. The van der Waals surface area contributed by atoms with Gasteiger partial charge in [-0.15, -0.1) is 0 Å². The normalized spacial score (nSPS) is 13.2. The Labute approximate surface area is 280 Å². The number of amides is 1. The molecule has 0 bridgehead atoms. The van der Waals surface area contributed by atoms with Crippen LogP contribution in [-0.4, -0.2) is 38.4 Å². The fourth-order valence-electron chi connectivity index (χ4n) is 6.21. The number of alkyl carbamates (subject to hydrolysis) is 1. The van der Waals surface area contributed by atoms with E-state index in [1.165, 1.54) is 11.1 Å². The Bertz CT molecular complexity index is 1800. The van der Waals surface area contributed by atoms with Crippen LogP contribution in [-0.2, 0) is 24.6 Å². The number of nitrogens with one attached hydrogen (secondary N) is 1. The highest BCUT2D eigenvalue weighted by atomic mass is 35.5. The van der Waals surface area contributed by atoms with Crippen molar-refractivity contribution < 1.29 is 23.8 Å². The second kappa shape index (κ2) is 14.7. The predicted molar refractivity (Wildman–Crippen MR) is 184 cm³/mol. The van der Waals surface area contributed by atoms with Crippen molar-refractivity contribution in [3.05, 3.63) is 166 Å². The third-order valence-electron chi connectivity index (χ3n) is 8.47. The summed E-state index contributed by atoms with van der Waals surface area (Å²) >= 11 is 6.75. The van der Waals surface area contributed by atoms with Crippen LogP contribution in [0.1, 0.15) is 45.7 Å². The van der Waals surface area contributed by atoms with Gasteiger partial charge in [-0.25, -0.2) is 4.79 Å². The first-order chi connectivity index (χ1) is 23.0. The lowest BCUT2D eigenvalue weighted by Crippen LogP contribution is -2.36. The van der Waals surface area contributed by atoms with Crippen LogP contribution in [0.25, 0.3) is 11.1 Å². The van der Waals surface area contributed by atoms with Gasteiger partial charge in [-0.3, -0.25) is 4.79 Å². The van der Waals surface area contributed by atoms with E-state index in [9.17, 15) is 9.59 Å².